The first-order valence-corrected chi connectivity index (χ1v) is 10.6. The van der Waals surface area contributed by atoms with Crippen molar-refractivity contribution in [3.63, 3.8) is 0 Å². The average Bonchev–Trinajstić information content (AvgIpc) is 2.76. The number of carbonyl (C=O) groups excluding carboxylic acids is 4. The van der Waals surface area contributed by atoms with Crippen molar-refractivity contribution >= 4 is 29.6 Å². The molecule has 4 amide bonds. The molecule has 33 heavy (non-hydrogen) atoms. The van der Waals surface area contributed by atoms with Gasteiger partial charge >= 0.3 is 5.97 Å². The second kappa shape index (κ2) is 10.8. The molecule has 0 spiro atoms. The van der Waals surface area contributed by atoms with Gasteiger partial charge < -0.3 is 26.0 Å². The number of carbonyl (C=O) groups is 5. The number of amides is 4. The summed E-state index contributed by atoms with van der Waals surface area (Å²) < 4.78 is 0. The van der Waals surface area contributed by atoms with E-state index in [-0.39, 0.29) is 32.4 Å². The molecule has 178 valence electrons. The summed E-state index contributed by atoms with van der Waals surface area (Å²) in [5.74, 6) is -3.49. The summed E-state index contributed by atoms with van der Waals surface area (Å²) in [4.78, 5) is 64.3. The number of benzene rings is 1. The van der Waals surface area contributed by atoms with E-state index in [1.807, 2.05) is 6.07 Å². The number of aliphatic carboxylic acids is 1. The fraction of sp³-hybridized carbons (Fsp3) is 0.435. The Morgan fingerprint density at radius 2 is 1.85 bits per heavy atom. The number of rotatable bonds is 10. The summed E-state index contributed by atoms with van der Waals surface area (Å²) >= 11 is 0. The monoisotopic (exact) mass is 458 g/mol. The van der Waals surface area contributed by atoms with Crippen LogP contribution >= 0.6 is 0 Å². The maximum Gasteiger partial charge on any atom is 0.326 e. The fourth-order valence-corrected chi connectivity index (χ4v) is 3.84. The lowest BCUT2D eigenvalue weighted by Crippen LogP contribution is -2.68. The van der Waals surface area contributed by atoms with Gasteiger partial charge in [0.15, 0.2) is 0 Å². The van der Waals surface area contributed by atoms with E-state index in [9.17, 15) is 29.1 Å². The number of nitrogens with two attached hydrogens (primary N) is 1. The first-order valence-electron chi connectivity index (χ1n) is 10.6. The van der Waals surface area contributed by atoms with Crippen LogP contribution in [-0.2, 0) is 30.4 Å². The standard InChI is InChI=1S/C23H30N4O6/c1-4-19(29)27-13-12-26(22(33)23(27,2)3)17(14-15-8-6-5-7-9-15)20(30)25-16(21(31)32)10-11-18(24)28/h4-9,16-17H,1,10-14H2,2-3H3,(H2,24,28)(H,25,30)(H,31,32)/t16-,17-/m0/s1. The molecule has 2 rings (SSSR count). The van der Waals surface area contributed by atoms with Gasteiger partial charge in [-0.2, -0.15) is 0 Å². The first kappa shape index (κ1) is 25.6. The van der Waals surface area contributed by atoms with Crippen LogP contribution in [0.2, 0.25) is 0 Å². The maximum absolute atomic E-state index is 13.4. The topological polar surface area (TPSA) is 150 Å². The summed E-state index contributed by atoms with van der Waals surface area (Å²) in [6, 6.07) is 6.65. The minimum absolute atomic E-state index is 0.0891. The molecule has 2 atom stereocenters. The highest BCUT2D eigenvalue weighted by Crippen LogP contribution is 2.26. The van der Waals surface area contributed by atoms with Crippen LogP contribution in [0.3, 0.4) is 0 Å². The molecular weight excluding hydrogens is 428 g/mol. The van der Waals surface area contributed by atoms with Crippen molar-refractivity contribution in [2.24, 2.45) is 5.73 Å². The molecule has 1 fully saturated rings. The molecule has 10 heteroatoms. The minimum Gasteiger partial charge on any atom is -0.480 e. The van der Waals surface area contributed by atoms with Gasteiger partial charge in [0.1, 0.15) is 17.6 Å². The molecule has 1 heterocycles. The van der Waals surface area contributed by atoms with Gasteiger partial charge in [0.05, 0.1) is 0 Å². The molecule has 1 aromatic carbocycles. The van der Waals surface area contributed by atoms with E-state index in [4.69, 9.17) is 5.73 Å². The molecule has 1 aliphatic rings. The lowest BCUT2D eigenvalue weighted by Gasteiger charge is -2.47. The smallest absolute Gasteiger partial charge is 0.326 e. The summed E-state index contributed by atoms with van der Waals surface area (Å²) in [6.07, 6.45) is 0.894. The van der Waals surface area contributed by atoms with Crippen LogP contribution in [-0.4, -0.2) is 75.2 Å². The third-order valence-corrected chi connectivity index (χ3v) is 5.71. The van der Waals surface area contributed by atoms with Crippen LogP contribution in [0.4, 0.5) is 0 Å². The van der Waals surface area contributed by atoms with Crippen molar-refractivity contribution < 1.29 is 29.1 Å². The predicted molar refractivity (Wildman–Crippen MR) is 120 cm³/mol. The number of hydrogen-bond donors (Lipinski definition) is 3. The highest BCUT2D eigenvalue weighted by atomic mass is 16.4. The summed E-state index contributed by atoms with van der Waals surface area (Å²) in [7, 11) is 0. The maximum atomic E-state index is 13.4. The molecule has 1 saturated heterocycles. The first-order chi connectivity index (χ1) is 15.5. The normalized spacial score (nSPS) is 17.1. The Hall–Kier alpha value is -3.69. The highest BCUT2D eigenvalue weighted by molar-refractivity contribution is 5.98. The quantitative estimate of drug-likeness (QED) is 0.422. The second-order valence-electron chi connectivity index (χ2n) is 8.36. The van der Waals surface area contributed by atoms with E-state index in [1.54, 1.807) is 38.1 Å². The molecular formula is C23H30N4O6. The van der Waals surface area contributed by atoms with Gasteiger partial charge in [-0.25, -0.2) is 4.79 Å². The summed E-state index contributed by atoms with van der Waals surface area (Å²) in [5, 5.41) is 11.9. The largest absolute Gasteiger partial charge is 0.480 e. The number of nitrogens with one attached hydrogen (secondary N) is 1. The molecule has 1 aromatic rings. The Balaban J connectivity index is 2.34. The van der Waals surface area contributed by atoms with E-state index in [1.165, 1.54) is 9.80 Å². The van der Waals surface area contributed by atoms with E-state index in [0.29, 0.717) is 0 Å². The molecule has 0 radical (unpaired) electrons. The summed E-state index contributed by atoms with van der Waals surface area (Å²) in [5.41, 5.74) is 4.66. The number of nitrogens with zero attached hydrogens (tertiary/aromatic N) is 2. The number of piperazine rings is 1. The molecule has 0 bridgehead atoms. The van der Waals surface area contributed by atoms with Gasteiger partial charge in [0.25, 0.3) is 0 Å². The zero-order valence-corrected chi connectivity index (χ0v) is 18.8. The Bertz CT molecular complexity index is 930. The Morgan fingerprint density at radius 3 is 2.39 bits per heavy atom. The number of carboxylic acid groups (broad SMARTS) is 1. The predicted octanol–water partition coefficient (Wildman–Crippen LogP) is 0.0680. The summed E-state index contributed by atoms with van der Waals surface area (Å²) in [6.45, 7) is 6.93. The van der Waals surface area contributed by atoms with Gasteiger partial charge in [-0.05, 0) is 31.9 Å². The van der Waals surface area contributed by atoms with Crippen molar-refractivity contribution in [1.29, 1.82) is 0 Å². The fourth-order valence-electron chi connectivity index (χ4n) is 3.84. The molecule has 0 unspecified atom stereocenters. The average molecular weight is 459 g/mol. The molecule has 10 nitrogen and oxygen atoms in total. The highest BCUT2D eigenvalue weighted by Gasteiger charge is 2.47. The molecule has 1 aliphatic heterocycles. The van der Waals surface area contributed by atoms with Crippen LogP contribution in [0.15, 0.2) is 43.0 Å². The van der Waals surface area contributed by atoms with Crippen molar-refractivity contribution in [2.75, 3.05) is 13.1 Å². The molecule has 0 saturated carbocycles. The molecule has 0 aliphatic carbocycles. The van der Waals surface area contributed by atoms with Crippen LogP contribution < -0.4 is 11.1 Å². The minimum atomic E-state index is -1.34. The third-order valence-electron chi connectivity index (χ3n) is 5.71. The van der Waals surface area contributed by atoms with E-state index < -0.39 is 47.2 Å². The van der Waals surface area contributed by atoms with Gasteiger partial charge in [-0.3, -0.25) is 19.2 Å². The second-order valence-corrected chi connectivity index (χ2v) is 8.36. The third kappa shape index (κ3) is 6.18. The van der Waals surface area contributed by atoms with Crippen molar-refractivity contribution in [1.82, 2.24) is 15.1 Å². The van der Waals surface area contributed by atoms with E-state index in [2.05, 4.69) is 11.9 Å². The van der Waals surface area contributed by atoms with Crippen LogP contribution in [0.25, 0.3) is 0 Å². The van der Waals surface area contributed by atoms with Gasteiger partial charge in [0, 0.05) is 25.9 Å². The van der Waals surface area contributed by atoms with Crippen molar-refractivity contribution in [2.45, 2.75) is 50.7 Å². The zero-order valence-electron chi connectivity index (χ0n) is 18.8. The van der Waals surface area contributed by atoms with Crippen LogP contribution in [0.5, 0.6) is 0 Å². The van der Waals surface area contributed by atoms with Crippen molar-refractivity contribution in [3.05, 3.63) is 48.6 Å². The lowest BCUT2D eigenvalue weighted by atomic mass is 9.93. The van der Waals surface area contributed by atoms with Gasteiger partial charge in [-0.1, -0.05) is 36.9 Å². The zero-order chi connectivity index (χ0) is 24.8. The number of hydrogen-bond acceptors (Lipinski definition) is 5. The Kier molecular flexibility index (Phi) is 8.33. The van der Waals surface area contributed by atoms with Gasteiger partial charge in [0.2, 0.25) is 23.6 Å². The van der Waals surface area contributed by atoms with E-state index in [0.717, 1.165) is 11.6 Å². The van der Waals surface area contributed by atoms with Crippen molar-refractivity contribution in [3.8, 4) is 0 Å². The SMILES string of the molecule is C=CC(=O)N1CCN([C@@H](Cc2ccccc2)C(=O)N[C@@H](CCC(N)=O)C(=O)O)C(=O)C1(C)C. The van der Waals surface area contributed by atoms with E-state index >= 15 is 0 Å². The number of primary amides is 1. The molecule has 0 aromatic heterocycles. The molecule has 4 N–H and O–H groups in total. The van der Waals surface area contributed by atoms with Crippen LogP contribution in [0, 0.1) is 0 Å². The lowest BCUT2D eigenvalue weighted by molar-refractivity contribution is -0.161. The number of carboxylic acids is 1. The Morgan fingerprint density at radius 1 is 1.21 bits per heavy atom. The Labute approximate surface area is 192 Å². The van der Waals surface area contributed by atoms with Crippen LogP contribution in [0.1, 0.15) is 32.3 Å². The van der Waals surface area contributed by atoms with Gasteiger partial charge in [-0.15, -0.1) is 0 Å².